The molecule has 0 unspecified atom stereocenters. The van der Waals surface area contributed by atoms with Crippen molar-refractivity contribution >= 4 is 34.1 Å². The number of rotatable bonds is 7. The molecular weight excluding hydrogens is 444 g/mol. The molecule has 178 valence electrons. The number of carbonyl (C=O) groups is 1. The summed E-state index contributed by atoms with van der Waals surface area (Å²) in [6.07, 6.45) is 4.32. The summed E-state index contributed by atoms with van der Waals surface area (Å²) in [6.45, 7) is 2.10. The number of fused-ring (bicyclic) bond motifs is 3. The number of amides is 1. The van der Waals surface area contributed by atoms with Gasteiger partial charge in [-0.15, -0.1) is 0 Å². The fraction of sp³-hybridized carbons (Fsp3) is 0.308. The number of aromatic nitrogens is 4. The van der Waals surface area contributed by atoms with E-state index in [1.807, 2.05) is 24.3 Å². The van der Waals surface area contributed by atoms with Crippen molar-refractivity contribution in [3.05, 3.63) is 59.4 Å². The van der Waals surface area contributed by atoms with Crippen molar-refractivity contribution in [2.24, 2.45) is 0 Å². The third kappa shape index (κ3) is 3.30. The Bertz CT molecular complexity index is 1470. The lowest BCUT2D eigenvalue weighted by Gasteiger charge is -2.11. The third-order valence-electron chi connectivity index (χ3n) is 7.04. The summed E-state index contributed by atoms with van der Waals surface area (Å²) in [6, 6.07) is 11.9. The second kappa shape index (κ2) is 7.97. The summed E-state index contributed by atoms with van der Waals surface area (Å²) in [7, 11) is 3.21. The number of nitrogens with zero attached hydrogens (tertiary/aromatic N) is 3. The first kappa shape index (κ1) is 21.4. The Morgan fingerprint density at radius 3 is 2.83 bits per heavy atom. The van der Waals surface area contributed by atoms with Crippen LogP contribution in [-0.4, -0.2) is 40.3 Å². The number of aryl methyl sites for hydroxylation is 1. The van der Waals surface area contributed by atoms with Gasteiger partial charge in [0.15, 0.2) is 11.6 Å². The van der Waals surface area contributed by atoms with Gasteiger partial charge >= 0.3 is 0 Å². The number of hydrogen-bond acceptors (Lipinski definition) is 7. The maximum atomic E-state index is 13.0. The number of benzene rings is 2. The molecule has 9 heteroatoms. The molecule has 1 amide bonds. The molecule has 1 saturated carbocycles. The highest BCUT2D eigenvalue weighted by Gasteiger charge is 2.65. The van der Waals surface area contributed by atoms with Crippen molar-refractivity contribution in [3.63, 3.8) is 0 Å². The van der Waals surface area contributed by atoms with Crippen LogP contribution in [0.4, 0.5) is 17.3 Å². The number of nitrogens with one attached hydrogen (secondary N) is 3. The lowest BCUT2D eigenvalue weighted by molar-refractivity contribution is -0.118. The summed E-state index contributed by atoms with van der Waals surface area (Å²) in [4.78, 5) is 22.0. The molecule has 2 aromatic carbocycles. The number of anilines is 3. The van der Waals surface area contributed by atoms with E-state index < -0.39 is 5.41 Å². The summed E-state index contributed by atoms with van der Waals surface area (Å²) >= 11 is 0. The number of carbonyl (C=O) groups excluding carboxylic acids is 1. The van der Waals surface area contributed by atoms with Crippen molar-refractivity contribution in [1.82, 2.24) is 20.2 Å². The van der Waals surface area contributed by atoms with Gasteiger partial charge in [0.1, 0.15) is 5.75 Å². The van der Waals surface area contributed by atoms with E-state index in [-0.39, 0.29) is 11.8 Å². The van der Waals surface area contributed by atoms with E-state index in [2.05, 4.69) is 49.9 Å². The second-order valence-corrected chi connectivity index (χ2v) is 9.07. The third-order valence-corrected chi connectivity index (χ3v) is 7.04. The number of methoxy groups -OCH3 is 2. The van der Waals surface area contributed by atoms with Gasteiger partial charge in [0.25, 0.3) is 5.88 Å². The Hall–Kier alpha value is -4.14. The second-order valence-electron chi connectivity index (χ2n) is 9.07. The van der Waals surface area contributed by atoms with E-state index in [4.69, 9.17) is 9.47 Å². The molecule has 6 rings (SSSR count). The molecular formula is C26H26N6O3. The Balaban J connectivity index is 1.31. The van der Waals surface area contributed by atoms with Gasteiger partial charge in [-0.1, -0.05) is 19.4 Å². The quantitative estimate of drug-likeness (QED) is 0.366. The van der Waals surface area contributed by atoms with Crippen LogP contribution in [0.25, 0.3) is 10.9 Å². The van der Waals surface area contributed by atoms with Crippen LogP contribution >= 0.6 is 0 Å². The molecule has 9 nitrogen and oxygen atoms in total. The Morgan fingerprint density at radius 1 is 1.14 bits per heavy atom. The summed E-state index contributed by atoms with van der Waals surface area (Å²) < 4.78 is 10.8. The number of hydrogen-bond donors (Lipinski definition) is 3. The topological polar surface area (TPSA) is 114 Å². The Kier molecular flexibility index (Phi) is 4.87. The van der Waals surface area contributed by atoms with Gasteiger partial charge < -0.3 is 20.1 Å². The fourth-order valence-corrected chi connectivity index (χ4v) is 5.18. The Morgan fingerprint density at radius 2 is 2.03 bits per heavy atom. The summed E-state index contributed by atoms with van der Waals surface area (Å²) in [5.74, 6) is 2.50. The van der Waals surface area contributed by atoms with Crippen molar-refractivity contribution in [1.29, 1.82) is 0 Å². The molecule has 3 heterocycles. The first-order valence-corrected chi connectivity index (χ1v) is 11.7. The molecule has 1 aliphatic heterocycles. The van der Waals surface area contributed by atoms with E-state index >= 15 is 0 Å². The van der Waals surface area contributed by atoms with Gasteiger partial charge in [0.2, 0.25) is 5.91 Å². The van der Waals surface area contributed by atoms with E-state index in [0.29, 0.717) is 17.5 Å². The van der Waals surface area contributed by atoms with Crippen molar-refractivity contribution in [2.75, 3.05) is 24.9 Å². The van der Waals surface area contributed by atoms with Crippen LogP contribution in [0.15, 0.2) is 42.6 Å². The lowest BCUT2D eigenvalue weighted by atomic mass is 9.91. The highest BCUT2D eigenvalue weighted by atomic mass is 16.5. The molecule has 4 aromatic rings. The zero-order valence-electron chi connectivity index (χ0n) is 19.8. The van der Waals surface area contributed by atoms with E-state index in [0.717, 1.165) is 58.4 Å². The highest BCUT2D eigenvalue weighted by molar-refractivity contribution is 6.10. The van der Waals surface area contributed by atoms with Gasteiger partial charge in [-0.2, -0.15) is 5.10 Å². The van der Waals surface area contributed by atoms with Gasteiger partial charge in [-0.25, -0.2) is 9.97 Å². The molecule has 0 saturated heterocycles. The van der Waals surface area contributed by atoms with E-state index in [1.54, 1.807) is 20.4 Å². The average Bonchev–Trinajstić information content (AvgIpc) is 3.43. The number of aromatic amines is 1. The van der Waals surface area contributed by atoms with Crippen molar-refractivity contribution in [2.45, 2.75) is 37.5 Å². The van der Waals surface area contributed by atoms with Crippen LogP contribution in [-0.2, 0) is 16.6 Å². The first-order valence-electron chi connectivity index (χ1n) is 11.7. The molecule has 0 bridgehead atoms. The normalized spacial score (nSPS) is 20.1. The number of ether oxygens (including phenoxy) is 2. The smallest absolute Gasteiger partial charge is 0.257 e. The summed E-state index contributed by atoms with van der Waals surface area (Å²) in [5, 5.41) is 14.8. The summed E-state index contributed by atoms with van der Waals surface area (Å²) in [5.41, 5.74) is 4.21. The average molecular weight is 471 g/mol. The zero-order valence-corrected chi connectivity index (χ0v) is 19.8. The van der Waals surface area contributed by atoms with Gasteiger partial charge in [0, 0.05) is 17.0 Å². The van der Waals surface area contributed by atoms with Crippen LogP contribution < -0.4 is 20.1 Å². The molecule has 1 fully saturated rings. The molecule has 1 spiro atoms. The van der Waals surface area contributed by atoms with E-state index in [1.165, 1.54) is 0 Å². The van der Waals surface area contributed by atoms with Crippen molar-refractivity contribution in [3.8, 4) is 11.6 Å². The number of H-pyrrole nitrogens is 1. The highest BCUT2D eigenvalue weighted by Crippen LogP contribution is 2.65. The molecule has 2 atom stereocenters. The maximum Gasteiger partial charge on any atom is 0.257 e. The molecule has 1 aliphatic carbocycles. The predicted octanol–water partition coefficient (Wildman–Crippen LogP) is 4.44. The van der Waals surface area contributed by atoms with Gasteiger partial charge in [-0.05, 0) is 54.3 Å². The predicted molar refractivity (Wildman–Crippen MR) is 133 cm³/mol. The molecule has 2 aliphatic rings. The zero-order chi connectivity index (χ0) is 24.2. The van der Waals surface area contributed by atoms with Crippen LogP contribution in [0.1, 0.15) is 42.5 Å². The molecule has 0 radical (unpaired) electrons. The van der Waals surface area contributed by atoms with Crippen LogP contribution in [0.5, 0.6) is 11.6 Å². The minimum Gasteiger partial charge on any atom is -0.497 e. The molecule has 2 aromatic heterocycles. The fourth-order valence-electron chi connectivity index (χ4n) is 5.18. The van der Waals surface area contributed by atoms with Gasteiger partial charge in [-0.3, -0.25) is 9.89 Å². The Labute approximate surface area is 202 Å². The van der Waals surface area contributed by atoms with Crippen LogP contribution in [0.2, 0.25) is 0 Å². The van der Waals surface area contributed by atoms with Crippen molar-refractivity contribution < 1.29 is 14.3 Å². The molecule has 35 heavy (non-hydrogen) atoms. The van der Waals surface area contributed by atoms with Gasteiger partial charge in [0.05, 0.1) is 37.0 Å². The van der Waals surface area contributed by atoms with Crippen LogP contribution in [0.3, 0.4) is 0 Å². The standard InChI is InChI=1S/C26H26N6O3/c1-4-5-15-13-27-24(35-3)23(28-15)30-22-17-8-6-14(10-21(17)31-32-22)19-12-26(19)18-11-16(34-2)7-9-20(18)29-25(26)33/h6-11,13,19H,4-5,12H2,1-3H3,(H,29,33)(H2,28,30,31,32)/t19-,26-/m0/s1. The largest absolute Gasteiger partial charge is 0.497 e. The maximum absolute atomic E-state index is 13.0. The lowest BCUT2D eigenvalue weighted by Crippen LogP contribution is -2.21. The minimum absolute atomic E-state index is 0.0513. The van der Waals surface area contributed by atoms with E-state index in [9.17, 15) is 4.79 Å². The first-order chi connectivity index (χ1) is 17.1. The van der Waals surface area contributed by atoms with Crippen LogP contribution in [0, 0.1) is 0 Å². The monoisotopic (exact) mass is 470 g/mol. The SMILES string of the molecule is CCCc1cnc(OC)c(Nc2n[nH]c3cc([C@@H]4C[C@@]45C(=O)Nc4ccc(OC)cc45)ccc23)n1. The minimum atomic E-state index is -0.540. The molecule has 3 N–H and O–H groups in total.